The highest BCUT2D eigenvalue weighted by Gasteiger charge is 2.06. The molecule has 1 aromatic carbocycles. The summed E-state index contributed by atoms with van der Waals surface area (Å²) < 4.78 is 0. The minimum Gasteiger partial charge on any atom is -0.385 e. The molecule has 0 atom stereocenters. The standard InChI is InChI=1S/C13H11Cl2NOS/c14-10-4-3-9(8-11(10)15)16-6-5-12(17)13-2-1-7-18-13/h1-4,7-8,16H,5-6H2. The predicted octanol–water partition coefficient (Wildman–Crippen LogP) is 4.74. The van der Waals surface area contributed by atoms with Crippen molar-refractivity contribution in [3.05, 3.63) is 50.6 Å². The first-order valence-corrected chi connectivity index (χ1v) is 7.06. The van der Waals surface area contributed by atoms with Gasteiger partial charge < -0.3 is 5.32 Å². The number of Topliss-reactive ketones (excluding diaryl/α,β-unsaturated/α-hetero) is 1. The molecule has 18 heavy (non-hydrogen) atoms. The van der Waals surface area contributed by atoms with Crippen molar-refractivity contribution in [3.8, 4) is 0 Å². The Kier molecular flexibility index (Phi) is 4.64. The second-order valence-electron chi connectivity index (χ2n) is 3.71. The lowest BCUT2D eigenvalue weighted by atomic mass is 10.2. The number of benzene rings is 1. The Bertz CT molecular complexity index is 540. The SMILES string of the molecule is O=C(CCNc1ccc(Cl)c(Cl)c1)c1cccs1. The van der Waals surface area contributed by atoms with Crippen molar-refractivity contribution < 1.29 is 4.79 Å². The number of rotatable bonds is 5. The number of thiophene rings is 1. The summed E-state index contributed by atoms with van der Waals surface area (Å²) in [6, 6.07) is 9.03. The summed E-state index contributed by atoms with van der Waals surface area (Å²) in [5.41, 5.74) is 0.864. The number of hydrogen-bond acceptors (Lipinski definition) is 3. The van der Waals surface area contributed by atoms with E-state index in [4.69, 9.17) is 23.2 Å². The Morgan fingerprint density at radius 2 is 2.06 bits per heavy atom. The molecule has 0 radical (unpaired) electrons. The first-order valence-electron chi connectivity index (χ1n) is 5.42. The van der Waals surface area contributed by atoms with Gasteiger partial charge in [-0.1, -0.05) is 29.3 Å². The average molecular weight is 300 g/mol. The number of ketones is 1. The molecule has 0 saturated heterocycles. The van der Waals surface area contributed by atoms with E-state index >= 15 is 0 Å². The van der Waals surface area contributed by atoms with Crippen LogP contribution < -0.4 is 5.32 Å². The molecule has 2 aromatic rings. The number of halogens is 2. The van der Waals surface area contributed by atoms with E-state index in [1.165, 1.54) is 11.3 Å². The van der Waals surface area contributed by atoms with Crippen LogP contribution in [0, 0.1) is 0 Å². The van der Waals surface area contributed by atoms with Gasteiger partial charge in [-0.3, -0.25) is 4.79 Å². The van der Waals surface area contributed by atoms with Crippen molar-refractivity contribution in [1.29, 1.82) is 0 Å². The summed E-state index contributed by atoms with van der Waals surface area (Å²) in [6.45, 7) is 0.578. The van der Waals surface area contributed by atoms with Crippen LogP contribution in [0.2, 0.25) is 10.0 Å². The summed E-state index contributed by atoms with van der Waals surface area (Å²) in [5, 5.41) is 6.08. The highest BCUT2D eigenvalue weighted by molar-refractivity contribution is 7.12. The molecular formula is C13H11Cl2NOS. The highest BCUT2D eigenvalue weighted by Crippen LogP contribution is 2.25. The molecule has 0 unspecified atom stereocenters. The lowest BCUT2D eigenvalue weighted by Crippen LogP contribution is -2.07. The van der Waals surface area contributed by atoms with Gasteiger partial charge in [-0.25, -0.2) is 0 Å². The van der Waals surface area contributed by atoms with Crippen molar-refractivity contribution in [2.45, 2.75) is 6.42 Å². The van der Waals surface area contributed by atoms with Gasteiger partial charge in [0.15, 0.2) is 5.78 Å². The fourth-order valence-electron chi connectivity index (χ4n) is 1.49. The molecule has 0 bridgehead atoms. The Hall–Kier alpha value is -1.03. The van der Waals surface area contributed by atoms with E-state index < -0.39 is 0 Å². The Morgan fingerprint density at radius 3 is 2.72 bits per heavy atom. The van der Waals surface area contributed by atoms with Gasteiger partial charge in [0.1, 0.15) is 0 Å². The maximum Gasteiger partial charge on any atom is 0.174 e. The van der Waals surface area contributed by atoms with Crippen LogP contribution in [-0.4, -0.2) is 12.3 Å². The second kappa shape index (κ2) is 6.23. The third-order valence-electron chi connectivity index (χ3n) is 2.40. The number of anilines is 1. The summed E-state index contributed by atoms with van der Waals surface area (Å²) in [7, 11) is 0. The molecule has 1 heterocycles. The highest BCUT2D eigenvalue weighted by atomic mass is 35.5. The van der Waals surface area contributed by atoms with Crippen molar-refractivity contribution >= 4 is 46.0 Å². The Labute approximate surface area is 120 Å². The normalized spacial score (nSPS) is 10.3. The number of nitrogens with one attached hydrogen (secondary N) is 1. The van der Waals surface area contributed by atoms with Crippen LogP contribution in [0.4, 0.5) is 5.69 Å². The molecule has 0 aliphatic rings. The van der Waals surface area contributed by atoms with Crippen molar-refractivity contribution in [2.24, 2.45) is 0 Å². The lowest BCUT2D eigenvalue weighted by molar-refractivity contribution is 0.0990. The molecule has 0 spiro atoms. The molecule has 5 heteroatoms. The van der Waals surface area contributed by atoms with Gasteiger partial charge in [0.05, 0.1) is 14.9 Å². The Morgan fingerprint density at radius 1 is 1.22 bits per heavy atom. The van der Waals surface area contributed by atoms with Gasteiger partial charge in [0.25, 0.3) is 0 Å². The summed E-state index contributed by atoms with van der Waals surface area (Å²) in [6.07, 6.45) is 0.459. The maximum atomic E-state index is 11.7. The van der Waals surface area contributed by atoms with Gasteiger partial charge in [0.2, 0.25) is 0 Å². The van der Waals surface area contributed by atoms with Crippen molar-refractivity contribution in [2.75, 3.05) is 11.9 Å². The quantitative estimate of drug-likeness (QED) is 0.808. The fourth-order valence-corrected chi connectivity index (χ4v) is 2.48. The van der Waals surface area contributed by atoms with E-state index in [2.05, 4.69) is 5.32 Å². The third kappa shape index (κ3) is 3.48. The first kappa shape index (κ1) is 13.4. The van der Waals surface area contributed by atoms with E-state index in [0.29, 0.717) is 23.0 Å². The van der Waals surface area contributed by atoms with E-state index in [9.17, 15) is 4.79 Å². The largest absolute Gasteiger partial charge is 0.385 e. The number of hydrogen-bond donors (Lipinski definition) is 1. The zero-order chi connectivity index (χ0) is 13.0. The average Bonchev–Trinajstić information content (AvgIpc) is 2.87. The second-order valence-corrected chi connectivity index (χ2v) is 5.47. The van der Waals surface area contributed by atoms with Gasteiger partial charge >= 0.3 is 0 Å². The molecule has 1 N–H and O–H groups in total. The van der Waals surface area contributed by atoms with Crippen LogP contribution in [0.1, 0.15) is 16.1 Å². The van der Waals surface area contributed by atoms with Gasteiger partial charge in [-0.05, 0) is 29.6 Å². The van der Waals surface area contributed by atoms with Gasteiger partial charge in [-0.15, -0.1) is 11.3 Å². The molecule has 0 aliphatic carbocycles. The molecule has 2 nitrogen and oxygen atoms in total. The summed E-state index contributed by atoms with van der Waals surface area (Å²) in [5.74, 6) is 0.151. The molecule has 94 valence electrons. The predicted molar refractivity (Wildman–Crippen MR) is 78.2 cm³/mol. The molecule has 1 aromatic heterocycles. The first-order chi connectivity index (χ1) is 8.66. The summed E-state index contributed by atoms with van der Waals surface area (Å²) >= 11 is 13.2. The number of carbonyl (C=O) groups excluding carboxylic acids is 1. The van der Waals surface area contributed by atoms with E-state index in [-0.39, 0.29) is 5.78 Å². The Balaban J connectivity index is 1.85. The monoisotopic (exact) mass is 299 g/mol. The van der Waals surface area contributed by atoms with Gasteiger partial charge in [0, 0.05) is 18.7 Å². The molecule has 0 aliphatic heterocycles. The van der Waals surface area contributed by atoms with Crippen LogP contribution in [0.5, 0.6) is 0 Å². The zero-order valence-electron chi connectivity index (χ0n) is 9.45. The topological polar surface area (TPSA) is 29.1 Å². The fraction of sp³-hybridized carbons (Fsp3) is 0.154. The van der Waals surface area contributed by atoms with E-state index in [0.717, 1.165) is 10.6 Å². The van der Waals surface area contributed by atoms with E-state index in [1.807, 2.05) is 23.6 Å². The smallest absolute Gasteiger partial charge is 0.174 e. The molecule has 2 rings (SSSR count). The van der Waals surface area contributed by atoms with Crippen LogP contribution in [0.15, 0.2) is 35.7 Å². The van der Waals surface area contributed by atoms with Crippen LogP contribution in [0.3, 0.4) is 0 Å². The molecular weight excluding hydrogens is 289 g/mol. The maximum absolute atomic E-state index is 11.7. The lowest BCUT2D eigenvalue weighted by Gasteiger charge is -2.06. The third-order valence-corrected chi connectivity index (χ3v) is 4.05. The van der Waals surface area contributed by atoms with Crippen LogP contribution in [-0.2, 0) is 0 Å². The van der Waals surface area contributed by atoms with Crippen molar-refractivity contribution in [3.63, 3.8) is 0 Å². The van der Waals surface area contributed by atoms with E-state index in [1.54, 1.807) is 12.1 Å². The van der Waals surface area contributed by atoms with Crippen molar-refractivity contribution in [1.82, 2.24) is 0 Å². The number of carbonyl (C=O) groups is 1. The van der Waals surface area contributed by atoms with Crippen LogP contribution >= 0.6 is 34.5 Å². The molecule has 0 amide bonds. The zero-order valence-corrected chi connectivity index (χ0v) is 11.8. The molecule has 0 fully saturated rings. The van der Waals surface area contributed by atoms with Crippen LogP contribution in [0.25, 0.3) is 0 Å². The van der Waals surface area contributed by atoms with Gasteiger partial charge in [-0.2, -0.15) is 0 Å². The molecule has 0 saturated carbocycles. The summed E-state index contributed by atoms with van der Waals surface area (Å²) in [4.78, 5) is 12.5. The minimum atomic E-state index is 0.151. The minimum absolute atomic E-state index is 0.151.